The first-order valence-electron chi connectivity index (χ1n) is 8.39. The predicted octanol–water partition coefficient (Wildman–Crippen LogP) is 3.27. The van der Waals surface area contributed by atoms with E-state index in [1.54, 1.807) is 4.90 Å². The minimum atomic E-state index is -1.16. The molecule has 0 radical (unpaired) electrons. The third kappa shape index (κ3) is 2.63. The molecule has 25 heavy (non-hydrogen) atoms. The van der Waals surface area contributed by atoms with Gasteiger partial charge in [0.05, 0.1) is 26.8 Å². The molecule has 1 fully saturated rings. The summed E-state index contributed by atoms with van der Waals surface area (Å²) in [4.78, 5) is 36.0. The fourth-order valence-corrected chi connectivity index (χ4v) is 4.44. The summed E-state index contributed by atoms with van der Waals surface area (Å²) in [7, 11) is 0. The average molecular weight is 357 g/mol. The third-order valence-electron chi connectivity index (χ3n) is 5.05. The second-order valence-corrected chi connectivity index (χ2v) is 8.06. The molecule has 1 saturated carbocycles. The molecule has 0 unspecified atom stereocenters. The van der Waals surface area contributed by atoms with Crippen molar-refractivity contribution in [2.45, 2.75) is 46.2 Å². The zero-order valence-corrected chi connectivity index (χ0v) is 15.2. The maximum absolute atomic E-state index is 12.8. The molecule has 0 aromatic carbocycles. The van der Waals surface area contributed by atoms with Gasteiger partial charge >= 0.3 is 5.97 Å². The van der Waals surface area contributed by atoms with Gasteiger partial charge in [0.1, 0.15) is 0 Å². The number of carboxylic acids is 1. The Morgan fingerprint density at radius 3 is 2.64 bits per heavy atom. The van der Waals surface area contributed by atoms with E-state index in [-0.39, 0.29) is 23.2 Å². The highest BCUT2D eigenvalue weighted by molar-refractivity contribution is 7.15. The highest BCUT2D eigenvalue weighted by atomic mass is 32.1. The lowest BCUT2D eigenvalue weighted by atomic mass is 10.1. The van der Waals surface area contributed by atoms with E-state index in [0.29, 0.717) is 18.2 Å². The largest absolute Gasteiger partial charge is 0.476 e. The molecule has 0 spiro atoms. The summed E-state index contributed by atoms with van der Waals surface area (Å²) in [6.45, 7) is 6.31. The lowest BCUT2D eigenvalue weighted by Crippen LogP contribution is -2.35. The van der Waals surface area contributed by atoms with Crippen molar-refractivity contribution < 1.29 is 14.7 Å². The number of fused-ring (bicyclic) bond motifs is 1. The molecule has 1 atom stereocenters. The number of hydrogen-bond donors (Lipinski definition) is 1. The first-order chi connectivity index (χ1) is 11.9. The van der Waals surface area contributed by atoms with Gasteiger partial charge in [0, 0.05) is 12.6 Å². The summed E-state index contributed by atoms with van der Waals surface area (Å²) in [5.41, 5.74) is 2.29. The number of rotatable bonds is 4. The Labute approximate surface area is 149 Å². The molecule has 1 amide bonds. The number of hydrogen-bond acceptors (Lipinski definition) is 5. The number of carboxylic acid groups (broad SMARTS) is 1. The number of nitrogens with zero attached hydrogens (tertiary/aromatic N) is 3. The fourth-order valence-electron chi connectivity index (χ4n) is 3.56. The van der Waals surface area contributed by atoms with Crippen molar-refractivity contribution in [3.8, 4) is 10.6 Å². The van der Waals surface area contributed by atoms with Gasteiger partial charge in [-0.15, -0.1) is 11.3 Å². The highest BCUT2D eigenvalue weighted by Crippen LogP contribution is 2.40. The molecular formula is C18H19N3O3S. The second kappa shape index (κ2) is 5.62. The van der Waals surface area contributed by atoms with Crippen LogP contribution in [-0.4, -0.2) is 37.9 Å². The van der Waals surface area contributed by atoms with E-state index >= 15 is 0 Å². The standard InChI is InChI=1S/C18H19N3O3S/c1-8-16(25-10(3)19-8)13-6-12-7-21(9(2)11-4-5-11)17(22)14(12)15(20-13)18(23)24/h6,9,11H,4-5,7H2,1-3H3,(H,23,24)/t9-/m0/s1. The van der Waals surface area contributed by atoms with Crippen molar-refractivity contribution in [1.29, 1.82) is 0 Å². The van der Waals surface area contributed by atoms with Gasteiger partial charge in [-0.3, -0.25) is 4.79 Å². The number of pyridine rings is 1. The number of thiazole rings is 1. The molecule has 3 heterocycles. The summed E-state index contributed by atoms with van der Waals surface area (Å²) >= 11 is 1.49. The SMILES string of the molecule is Cc1nc(C)c(-c2cc3c(c(C(=O)O)n2)C(=O)N([C@@H](C)C2CC2)C3)s1. The van der Waals surface area contributed by atoms with Crippen LogP contribution < -0.4 is 0 Å². The van der Waals surface area contributed by atoms with Crippen molar-refractivity contribution in [3.63, 3.8) is 0 Å². The first kappa shape index (κ1) is 16.2. The molecule has 0 saturated heterocycles. The maximum atomic E-state index is 12.8. The number of aromatic nitrogens is 2. The molecule has 130 valence electrons. The van der Waals surface area contributed by atoms with Gasteiger partial charge in [0.25, 0.3) is 5.91 Å². The summed E-state index contributed by atoms with van der Waals surface area (Å²) < 4.78 is 0. The Kier molecular flexibility index (Phi) is 3.64. The second-order valence-electron chi connectivity index (χ2n) is 6.85. The van der Waals surface area contributed by atoms with E-state index in [0.717, 1.165) is 34.0 Å². The summed E-state index contributed by atoms with van der Waals surface area (Å²) in [5.74, 6) is -0.834. The minimum absolute atomic E-state index is 0.136. The predicted molar refractivity (Wildman–Crippen MR) is 93.8 cm³/mol. The topological polar surface area (TPSA) is 83.4 Å². The zero-order valence-electron chi connectivity index (χ0n) is 14.4. The molecule has 6 nitrogen and oxygen atoms in total. The monoisotopic (exact) mass is 357 g/mol. The number of amides is 1. The quantitative estimate of drug-likeness (QED) is 0.908. The van der Waals surface area contributed by atoms with Gasteiger partial charge in [-0.05, 0) is 51.2 Å². The van der Waals surface area contributed by atoms with Crippen molar-refractivity contribution in [3.05, 3.63) is 33.6 Å². The van der Waals surface area contributed by atoms with E-state index in [1.807, 2.05) is 26.8 Å². The van der Waals surface area contributed by atoms with E-state index in [1.165, 1.54) is 11.3 Å². The Morgan fingerprint density at radius 2 is 2.08 bits per heavy atom. The van der Waals surface area contributed by atoms with E-state index in [2.05, 4.69) is 9.97 Å². The van der Waals surface area contributed by atoms with Crippen molar-refractivity contribution in [1.82, 2.24) is 14.9 Å². The van der Waals surface area contributed by atoms with Gasteiger partial charge in [-0.25, -0.2) is 14.8 Å². The van der Waals surface area contributed by atoms with Crippen LogP contribution in [0.1, 0.15) is 56.9 Å². The molecule has 4 rings (SSSR count). The van der Waals surface area contributed by atoms with Crippen LogP contribution in [0.25, 0.3) is 10.6 Å². The Balaban J connectivity index is 1.82. The van der Waals surface area contributed by atoms with Crippen LogP contribution in [0.2, 0.25) is 0 Å². The maximum Gasteiger partial charge on any atom is 0.355 e. The molecule has 2 aromatic rings. The van der Waals surface area contributed by atoms with Crippen LogP contribution in [0.15, 0.2) is 6.07 Å². The summed E-state index contributed by atoms with van der Waals surface area (Å²) in [5, 5.41) is 10.5. The number of aromatic carboxylic acids is 1. The highest BCUT2D eigenvalue weighted by Gasteiger charge is 2.41. The average Bonchev–Trinajstić information content (AvgIpc) is 3.28. The number of carbonyl (C=O) groups excluding carboxylic acids is 1. The molecule has 2 aromatic heterocycles. The summed E-state index contributed by atoms with van der Waals surface area (Å²) in [6, 6.07) is 2.00. The van der Waals surface area contributed by atoms with Crippen LogP contribution in [0, 0.1) is 19.8 Å². The Hall–Kier alpha value is -2.28. The molecule has 0 bridgehead atoms. The molecule has 1 aliphatic heterocycles. The summed E-state index contributed by atoms with van der Waals surface area (Å²) in [6.07, 6.45) is 2.27. The van der Waals surface area contributed by atoms with Crippen molar-refractivity contribution in [2.24, 2.45) is 5.92 Å². The Bertz CT molecular complexity index is 901. The fraction of sp³-hybridized carbons (Fsp3) is 0.444. The van der Waals surface area contributed by atoms with Crippen molar-refractivity contribution >= 4 is 23.2 Å². The van der Waals surface area contributed by atoms with E-state index in [9.17, 15) is 14.7 Å². The van der Waals surface area contributed by atoms with Gasteiger partial charge in [0.2, 0.25) is 0 Å². The molecule has 1 N–H and O–H groups in total. The normalized spacial score (nSPS) is 17.7. The molecule has 1 aliphatic carbocycles. The molecule has 7 heteroatoms. The van der Waals surface area contributed by atoms with E-state index < -0.39 is 5.97 Å². The van der Waals surface area contributed by atoms with Crippen molar-refractivity contribution in [2.75, 3.05) is 0 Å². The van der Waals surface area contributed by atoms with Crippen LogP contribution in [0.3, 0.4) is 0 Å². The molecular weight excluding hydrogens is 338 g/mol. The number of aryl methyl sites for hydroxylation is 2. The lowest BCUT2D eigenvalue weighted by molar-refractivity contribution is 0.0656. The van der Waals surface area contributed by atoms with Crippen LogP contribution in [-0.2, 0) is 6.54 Å². The first-order valence-corrected chi connectivity index (χ1v) is 9.21. The Morgan fingerprint density at radius 1 is 1.36 bits per heavy atom. The third-order valence-corrected chi connectivity index (χ3v) is 6.15. The molecule has 2 aliphatic rings. The van der Waals surface area contributed by atoms with Crippen LogP contribution in [0.4, 0.5) is 0 Å². The van der Waals surface area contributed by atoms with E-state index in [4.69, 9.17) is 0 Å². The lowest BCUT2D eigenvalue weighted by Gasteiger charge is -2.23. The zero-order chi connectivity index (χ0) is 17.9. The smallest absolute Gasteiger partial charge is 0.355 e. The number of carbonyl (C=O) groups is 2. The van der Waals surface area contributed by atoms with Gasteiger partial charge < -0.3 is 10.0 Å². The van der Waals surface area contributed by atoms with Crippen LogP contribution in [0.5, 0.6) is 0 Å². The van der Waals surface area contributed by atoms with Crippen LogP contribution >= 0.6 is 11.3 Å². The van der Waals surface area contributed by atoms with Gasteiger partial charge in [0.15, 0.2) is 5.69 Å². The van der Waals surface area contributed by atoms with Gasteiger partial charge in [-0.1, -0.05) is 0 Å². The van der Waals surface area contributed by atoms with Gasteiger partial charge in [-0.2, -0.15) is 0 Å². The minimum Gasteiger partial charge on any atom is -0.476 e.